The van der Waals surface area contributed by atoms with Crippen molar-refractivity contribution in [1.29, 1.82) is 0 Å². The van der Waals surface area contributed by atoms with Crippen molar-refractivity contribution in [2.75, 3.05) is 4.72 Å². The van der Waals surface area contributed by atoms with Gasteiger partial charge in [-0.15, -0.1) is 0 Å². The molecule has 3 aromatic rings. The Morgan fingerprint density at radius 2 is 1.28 bits per heavy atom. The van der Waals surface area contributed by atoms with E-state index >= 15 is 0 Å². The number of rotatable bonds is 4. The molecule has 0 radical (unpaired) electrons. The Hall–Kier alpha value is -2.87. The van der Waals surface area contributed by atoms with E-state index in [4.69, 9.17) is 0 Å². The third-order valence-corrected chi connectivity index (χ3v) is 6.14. The maximum atomic E-state index is 14.7. The Morgan fingerprint density at radius 3 is 1.83 bits per heavy atom. The van der Waals surface area contributed by atoms with Gasteiger partial charge in [0.25, 0.3) is 10.0 Å². The lowest BCUT2D eigenvalue weighted by atomic mass is 9.95. The van der Waals surface area contributed by atoms with Crippen molar-refractivity contribution in [3.8, 4) is 11.1 Å². The molecule has 0 amide bonds. The van der Waals surface area contributed by atoms with Gasteiger partial charge in [0, 0.05) is 5.56 Å². The fraction of sp³-hybridized carbons (Fsp3) is 0.143. The molecule has 1 N–H and O–H groups in total. The molecule has 29 heavy (non-hydrogen) atoms. The Labute approximate surface area is 166 Å². The van der Waals surface area contributed by atoms with Crippen molar-refractivity contribution in [3.05, 3.63) is 82.4 Å². The highest BCUT2D eigenvalue weighted by molar-refractivity contribution is 7.92. The quantitative estimate of drug-likeness (QED) is 0.336. The molecule has 0 atom stereocenters. The fourth-order valence-electron chi connectivity index (χ4n) is 2.97. The van der Waals surface area contributed by atoms with Crippen LogP contribution in [0.5, 0.6) is 0 Å². The molecule has 8 heteroatoms. The van der Waals surface area contributed by atoms with Crippen molar-refractivity contribution in [3.63, 3.8) is 0 Å². The lowest BCUT2D eigenvalue weighted by molar-refractivity contribution is 0.413. The number of hydrogen-bond acceptors (Lipinski definition) is 2. The van der Waals surface area contributed by atoms with E-state index in [9.17, 15) is 26.0 Å². The molecule has 0 saturated heterocycles. The Balaban J connectivity index is 2.30. The number of halogens is 4. The van der Waals surface area contributed by atoms with Crippen molar-refractivity contribution >= 4 is 15.7 Å². The van der Waals surface area contributed by atoms with Gasteiger partial charge in [-0.2, -0.15) is 0 Å². The first-order valence-electron chi connectivity index (χ1n) is 8.56. The predicted octanol–water partition coefficient (Wildman–Crippen LogP) is 5.64. The van der Waals surface area contributed by atoms with Gasteiger partial charge in [0.1, 0.15) is 0 Å². The first-order valence-corrected chi connectivity index (χ1v) is 10.0. The Morgan fingerprint density at radius 1 is 0.759 bits per heavy atom. The number of sulfonamides is 1. The van der Waals surface area contributed by atoms with Gasteiger partial charge in [-0.3, -0.25) is 4.72 Å². The summed E-state index contributed by atoms with van der Waals surface area (Å²) in [4.78, 5) is -0.244. The van der Waals surface area contributed by atoms with E-state index < -0.39 is 44.5 Å². The highest BCUT2D eigenvalue weighted by atomic mass is 32.2. The van der Waals surface area contributed by atoms with Crippen LogP contribution in [0.1, 0.15) is 16.7 Å². The van der Waals surface area contributed by atoms with E-state index in [1.807, 2.05) is 11.6 Å². The van der Waals surface area contributed by atoms with Gasteiger partial charge in [-0.05, 0) is 55.2 Å². The highest BCUT2D eigenvalue weighted by Crippen LogP contribution is 2.38. The van der Waals surface area contributed by atoms with Crippen LogP contribution in [0.2, 0.25) is 0 Å². The van der Waals surface area contributed by atoms with Gasteiger partial charge in [0.15, 0.2) is 23.3 Å². The molecule has 0 aliphatic rings. The first-order chi connectivity index (χ1) is 13.5. The summed E-state index contributed by atoms with van der Waals surface area (Å²) < 4.78 is 84.3. The zero-order chi connectivity index (χ0) is 21.5. The molecule has 0 aliphatic carbocycles. The van der Waals surface area contributed by atoms with Gasteiger partial charge in [-0.1, -0.05) is 30.3 Å². The van der Waals surface area contributed by atoms with Crippen molar-refractivity contribution in [2.24, 2.45) is 0 Å². The maximum Gasteiger partial charge on any atom is 0.262 e. The summed E-state index contributed by atoms with van der Waals surface area (Å²) in [7, 11) is -4.39. The second-order valence-electron chi connectivity index (χ2n) is 6.66. The predicted molar refractivity (Wildman–Crippen MR) is 103 cm³/mol. The molecule has 152 valence electrons. The van der Waals surface area contributed by atoms with E-state index in [2.05, 4.69) is 0 Å². The minimum Gasteiger partial charge on any atom is -0.276 e. The van der Waals surface area contributed by atoms with Crippen LogP contribution in [-0.4, -0.2) is 8.42 Å². The van der Waals surface area contributed by atoms with Crippen LogP contribution in [0.3, 0.4) is 0 Å². The zero-order valence-corrected chi connectivity index (χ0v) is 16.6. The van der Waals surface area contributed by atoms with Crippen LogP contribution < -0.4 is 4.72 Å². The summed E-state index contributed by atoms with van der Waals surface area (Å²) in [5.74, 6) is -7.62. The Bertz CT molecular complexity index is 1190. The number of aryl methyl sites for hydroxylation is 2. The topological polar surface area (TPSA) is 46.2 Å². The van der Waals surface area contributed by atoms with Gasteiger partial charge >= 0.3 is 0 Å². The molecule has 3 aromatic carbocycles. The number of nitrogens with one attached hydrogen (secondary N) is 1. The second-order valence-corrected chi connectivity index (χ2v) is 8.34. The van der Waals surface area contributed by atoms with Crippen LogP contribution >= 0.6 is 0 Å². The lowest BCUT2D eigenvalue weighted by Gasteiger charge is -2.17. The zero-order valence-electron chi connectivity index (χ0n) is 15.8. The fourth-order valence-corrected chi connectivity index (χ4v) is 4.07. The second kappa shape index (κ2) is 7.51. The summed E-state index contributed by atoms with van der Waals surface area (Å²) in [6.45, 7) is 5.25. The third-order valence-electron chi connectivity index (χ3n) is 4.77. The van der Waals surface area contributed by atoms with E-state index in [1.54, 1.807) is 19.9 Å². The first kappa shape index (κ1) is 20.9. The van der Waals surface area contributed by atoms with Crippen molar-refractivity contribution in [2.45, 2.75) is 25.7 Å². The highest BCUT2D eigenvalue weighted by Gasteiger charge is 2.29. The summed E-state index contributed by atoms with van der Waals surface area (Å²) in [5.41, 5.74) is 0.595. The normalized spacial score (nSPS) is 11.6. The molecule has 0 bridgehead atoms. The Kier molecular flexibility index (Phi) is 5.40. The standard InChI is InChI=1S/C21H17F4NO2S/c1-11-9-14(10-12(2)13(11)3)16-17(22)18(23)19(24)20(25)21(16)26-29(27,28)15-7-5-4-6-8-15/h4-10,26H,1-3H3. The lowest BCUT2D eigenvalue weighted by Crippen LogP contribution is -2.17. The molecule has 3 rings (SSSR count). The van der Waals surface area contributed by atoms with Gasteiger partial charge in [0.05, 0.1) is 10.6 Å². The van der Waals surface area contributed by atoms with Gasteiger partial charge in [0.2, 0.25) is 0 Å². The molecule has 0 fully saturated rings. The number of benzene rings is 3. The molecular weight excluding hydrogens is 406 g/mol. The molecule has 0 aliphatic heterocycles. The SMILES string of the molecule is Cc1cc(-c2c(F)c(F)c(F)c(F)c2NS(=O)(=O)c2ccccc2)cc(C)c1C. The van der Waals surface area contributed by atoms with E-state index in [0.717, 1.165) is 5.56 Å². The minimum absolute atomic E-state index is 0.0201. The van der Waals surface area contributed by atoms with Crippen molar-refractivity contribution < 1.29 is 26.0 Å². The molecule has 0 saturated carbocycles. The van der Waals surface area contributed by atoms with Crippen LogP contribution in [0.4, 0.5) is 23.2 Å². The minimum atomic E-state index is -4.39. The van der Waals surface area contributed by atoms with Crippen LogP contribution in [0, 0.1) is 44.0 Å². The van der Waals surface area contributed by atoms with Crippen LogP contribution in [-0.2, 0) is 10.0 Å². The van der Waals surface area contributed by atoms with E-state index in [1.165, 1.54) is 36.4 Å². The summed E-state index contributed by atoms with van der Waals surface area (Å²) in [5, 5.41) is 0. The van der Waals surface area contributed by atoms with Gasteiger partial charge in [-0.25, -0.2) is 26.0 Å². The molecule has 0 heterocycles. The van der Waals surface area contributed by atoms with Crippen LogP contribution in [0.15, 0.2) is 47.4 Å². The molecular formula is C21H17F4NO2S. The maximum absolute atomic E-state index is 14.7. The largest absolute Gasteiger partial charge is 0.276 e. The number of anilines is 1. The monoisotopic (exact) mass is 423 g/mol. The summed E-state index contributed by atoms with van der Waals surface area (Å²) in [6, 6.07) is 9.82. The van der Waals surface area contributed by atoms with Crippen molar-refractivity contribution in [1.82, 2.24) is 0 Å². The molecule has 0 aromatic heterocycles. The molecule has 3 nitrogen and oxygen atoms in total. The summed E-state index contributed by atoms with van der Waals surface area (Å²) >= 11 is 0. The van der Waals surface area contributed by atoms with E-state index in [0.29, 0.717) is 11.1 Å². The third kappa shape index (κ3) is 3.72. The van der Waals surface area contributed by atoms with Gasteiger partial charge < -0.3 is 0 Å². The smallest absolute Gasteiger partial charge is 0.262 e. The molecule has 0 unspecified atom stereocenters. The average molecular weight is 423 g/mol. The number of hydrogen-bond donors (Lipinski definition) is 1. The van der Waals surface area contributed by atoms with E-state index in [-0.39, 0.29) is 10.5 Å². The molecule has 0 spiro atoms. The average Bonchev–Trinajstić information content (AvgIpc) is 2.69. The summed E-state index contributed by atoms with van der Waals surface area (Å²) in [6.07, 6.45) is 0. The van der Waals surface area contributed by atoms with Crippen LogP contribution in [0.25, 0.3) is 11.1 Å².